The molecule has 1 aromatic rings. The van der Waals surface area contributed by atoms with Gasteiger partial charge in [-0.1, -0.05) is 6.07 Å². The summed E-state index contributed by atoms with van der Waals surface area (Å²) in [6, 6.07) is 4.35. The van der Waals surface area contributed by atoms with E-state index in [2.05, 4.69) is 4.90 Å². The third-order valence-corrected chi connectivity index (χ3v) is 3.89. The highest BCUT2D eigenvalue weighted by Crippen LogP contribution is 2.23. The molecule has 4 nitrogen and oxygen atoms in total. The molecule has 5 heteroatoms. The van der Waals surface area contributed by atoms with Crippen LogP contribution in [-0.2, 0) is 6.54 Å². The van der Waals surface area contributed by atoms with E-state index in [9.17, 15) is 14.3 Å². The molecule has 0 saturated carbocycles. The predicted molar refractivity (Wildman–Crippen MR) is 74.7 cm³/mol. The van der Waals surface area contributed by atoms with Crippen molar-refractivity contribution in [1.29, 1.82) is 0 Å². The number of amides is 1. The zero-order valence-corrected chi connectivity index (χ0v) is 11.7. The molecule has 0 aliphatic carbocycles. The number of primary amides is 1. The Balaban J connectivity index is 2.05. The van der Waals surface area contributed by atoms with Crippen molar-refractivity contribution in [3.8, 4) is 0 Å². The van der Waals surface area contributed by atoms with E-state index in [1.54, 1.807) is 12.1 Å². The fourth-order valence-corrected chi connectivity index (χ4v) is 2.55. The molecule has 1 heterocycles. The lowest BCUT2D eigenvalue weighted by Crippen LogP contribution is -2.28. The minimum absolute atomic E-state index is 0.185. The molecule has 0 bridgehead atoms. The molecule has 2 rings (SSSR count). The van der Waals surface area contributed by atoms with Crippen molar-refractivity contribution in [2.45, 2.75) is 38.3 Å². The smallest absolute Gasteiger partial charge is 0.248 e. The van der Waals surface area contributed by atoms with Crippen LogP contribution < -0.4 is 5.73 Å². The van der Waals surface area contributed by atoms with Crippen molar-refractivity contribution in [3.05, 3.63) is 35.1 Å². The molecule has 1 aromatic carbocycles. The largest absolute Gasteiger partial charge is 0.390 e. The van der Waals surface area contributed by atoms with Crippen LogP contribution in [0.25, 0.3) is 0 Å². The highest BCUT2D eigenvalue weighted by molar-refractivity contribution is 5.92. The first kappa shape index (κ1) is 14.9. The van der Waals surface area contributed by atoms with Crippen molar-refractivity contribution in [2.24, 2.45) is 5.73 Å². The molecule has 1 amide bonds. The average molecular weight is 280 g/mol. The number of nitrogens with two attached hydrogens (primary N) is 1. The zero-order valence-electron chi connectivity index (χ0n) is 11.7. The monoisotopic (exact) mass is 280 g/mol. The maximum atomic E-state index is 13.9. The van der Waals surface area contributed by atoms with Gasteiger partial charge in [-0.05, 0) is 44.9 Å². The van der Waals surface area contributed by atoms with Gasteiger partial charge in [-0.2, -0.15) is 0 Å². The molecule has 1 fully saturated rings. The van der Waals surface area contributed by atoms with Gasteiger partial charge < -0.3 is 10.8 Å². The Hall–Kier alpha value is -1.46. The number of rotatable bonds is 3. The van der Waals surface area contributed by atoms with Crippen LogP contribution in [-0.4, -0.2) is 34.6 Å². The second-order valence-electron chi connectivity index (χ2n) is 5.80. The van der Waals surface area contributed by atoms with Crippen molar-refractivity contribution in [1.82, 2.24) is 4.90 Å². The highest BCUT2D eigenvalue weighted by Gasteiger charge is 2.25. The lowest BCUT2D eigenvalue weighted by Gasteiger charge is -2.22. The van der Waals surface area contributed by atoms with Gasteiger partial charge in [-0.15, -0.1) is 0 Å². The quantitative estimate of drug-likeness (QED) is 0.885. The molecule has 20 heavy (non-hydrogen) atoms. The number of halogens is 1. The normalized spacial score (nSPS) is 24.4. The molecular formula is C15H21FN2O2. The standard InChI is InChI=1S/C15H21FN2O2/c1-15(20)5-2-7-18(8-6-15)10-12-4-3-11(14(17)19)9-13(12)16/h3-4,9,20H,2,5-8,10H2,1H3,(H2,17,19). The van der Waals surface area contributed by atoms with Crippen LogP contribution in [0, 0.1) is 5.82 Å². The fourth-order valence-electron chi connectivity index (χ4n) is 2.55. The van der Waals surface area contributed by atoms with Crippen LogP contribution >= 0.6 is 0 Å². The van der Waals surface area contributed by atoms with Crippen LogP contribution in [0.15, 0.2) is 18.2 Å². The molecule has 110 valence electrons. The summed E-state index contributed by atoms with van der Waals surface area (Å²) < 4.78 is 13.9. The molecule has 1 unspecified atom stereocenters. The topological polar surface area (TPSA) is 66.6 Å². The van der Waals surface area contributed by atoms with E-state index in [1.165, 1.54) is 6.07 Å². The van der Waals surface area contributed by atoms with Gasteiger partial charge in [0.05, 0.1) is 5.60 Å². The first-order valence-electron chi connectivity index (χ1n) is 6.90. The van der Waals surface area contributed by atoms with Gasteiger partial charge >= 0.3 is 0 Å². The van der Waals surface area contributed by atoms with Crippen molar-refractivity contribution >= 4 is 5.91 Å². The first-order chi connectivity index (χ1) is 9.37. The second-order valence-corrected chi connectivity index (χ2v) is 5.80. The SMILES string of the molecule is CC1(O)CCCN(Cc2ccc(C(N)=O)cc2F)CC1. The van der Waals surface area contributed by atoms with E-state index in [0.717, 1.165) is 25.9 Å². The summed E-state index contributed by atoms with van der Waals surface area (Å²) in [5, 5.41) is 10.0. The number of aliphatic hydroxyl groups is 1. The first-order valence-corrected chi connectivity index (χ1v) is 6.90. The third kappa shape index (κ3) is 3.77. The Morgan fingerprint density at radius 2 is 2.20 bits per heavy atom. The van der Waals surface area contributed by atoms with Gasteiger partial charge in [0, 0.05) is 24.2 Å². The number of likely N-dealkylation sites (tertiary alicyclic amines) is 1. The van der Waals surface area contributed by atoms with E-state index in [0.29, 0.717) is 18.5 Å². The van der Waals surface area contributed by atoms with E-state index >= 15 is 0 Å². The van der Waals surface area contributed by atoms with E-state index < -0.39 is 17.3 Å². The van der Waals surface area contributed by atoms with Crippen LogP contribution in [0.5, 0.6) is 0 Å². The summed E-state index contributed by atoms with van der Waals surface area (Å²) in [7, 11) is 0. The maximum absolute atomic E-state index is 13.9. The Morgan fingerprint density at radius 3 is 2.85 bits per heavy atom. The molecule has 1 saturated heterocycles. The summed E-state index contributed by atoms with van der Waals surface area (Å²) in [4.78, 5) is 13.1. The lowest BCUT2D eigenvalue weighted by molar-refractivity contribution is 0.0444. The van der Waals surface area contributed by atoms with E-state index in [4.69, 9.17) is 5.73 Å². The number of nitrogens with zero attached hydrogens (tertiary/aromatic N) is 1. The Bertz CT molecular complexity index is 503. The van der Waals surface area contributed by atoms with Gasteiger partial charge in [0.2, 0.25) is 5.91 Å². The summed E-state index contributed by atoms with van der Waals surface area (Å²) in [5.41, 5.74) is 5.24. The van der Waals surface area contributed by atoms with Crippen LogP contribution in [0.1, 0.15) is 42.1 Å². The maximum Gasteiger partial charge on any atom is 0.248 e. The highest BCUT2D eigenvalue weighted by atomic mass is 19.1. The summed E-state index contributed by atoms with van der Waals surface area (Å²) in [6.07, 6.45) is 2.36. The van der Waals surface area contributed by atoms with Crippen LogP contribution in [0.3, 0.4) is 0 Å². The Labute approximate surface area is 118 Å². The molecule has 0 radical (unpaired) electrons. The number of hydrogen-bond donors (Lipinski definition) is 2. The molecule has 3 N–H and O–H groups in total. The Morgan fingerprint density at radius 1 is 1.45 bits per heavy atom. The van der Waals surface area contributed by atoms with Gasteiger partial charge in [0.15, 0.2) is 0 Å². The minimum Gasteiger partial charge on any atom is -0.390 e. The average Bonchev–Trinajstić information content (AvgIpc) is 2.53. The summed E-state index contributed by atoms with van der Waals surface area (Å²) in [6.45, 7) is 3.91. The Kier molecular flexibility index (Phi) is 4.40. The molecule has 0 spiro atoms. The van der Waals surface area contributed by atoms with Crippen LogP contribution in [0.4, 0.5) is 4.39 Å². The molecule has 0 aromatic heterocycles. The number of carbonyl (C=O) groups is 1. The van der Waals surface area contributed by atoms with Gasteiger partial charge in [-0.3, -0.25) is 9.69 Å². The van der Waals surface area contributed by atoms with Gasteiger partial charge in [-0.25, -0.2) is 4.39 Å². The zero-order chi connectivity index (χ0) is 14.8. The number of hydrogen-bond acceptors (Lipinski definition) is 3. The van der Waals surface area contributed by atoms with Crippen LogP contribution in [0.2, 0.25) is 0 Å². The minimum atomic E-state index is -0.624. The van der Waals surface area contributed by atoms with Gasteiger partial charge in [0.1, 0.15) is 5.82 Å². The van der Waals surface area contributed by atoms with E-state index in [-0.39, 0.29) is 5.56 Å². The predicted octanol–water partition coefficient (Wildman–Crippen LogP) is 1.66. The molecule has 1 aliphatic heterocycles. The van der Waals surface area contributed by atoms with Crippen molar-refractivity contribution in [3.63, 3.8) is 0 Å². The number of carbonyl (C=O) groups excluding carboxylic acids is 1. The molecular weight excluding hydrogens is 259 g/mol. The molecule has 1 aliphatic rings. The second kappa shape index (κ2) is 5.89. The van der Waals surface area contributed by atoms with Crippen molar-refractivity contribution in [2.75, 3.05) is 13.1 Å². The van der Waals surface area contributed by atoms with Crippen molar-refractivity contribution < 1.29 is 14.3 Å². The summed E-state index contributed by atoms with van der Waals surface area (Å²) >= 11 is 0. The lowest BCUT2D eigenvalue weighted by atomic mass is 9.98. The third-order valence-electron chi connectivity index (χ3n) is 3.89. The molecule has 1 atom stereocenters. The fraction of sp³-hybridized carbons (Fsp3) is 0.533. The summed E-state index contributed by atoms with van der Waals surface area (Å²) in [5.74, 6) is -1.03. The number of benzene rings is 1. The van der Waals surface area contributed by atoms with E-state index in [1.807, 2.05) is 6.92 Å². The van der Waals surface area contributed by atoms with Gasteiger partial charge in [0.25, 0.3) is 0 Å².